The van der Waals surface area contributed by atoms with Crippen molar-refractivity contribution in [3.05, 3.63) is 24.2 Å². The number of amides is 1. The van der Waals surface area contributed by atoms with Gasteiger partial charge in [-0.25, -0.2) is 0 Å². The van der Waals surface area contributed by atoms with Crippen molar-refractivity contribution in [3.8, 4) is 0 Å². The van der Waals surface area contributed by atoms with E-state index in [4.69, 9.17) is 4.42 Å². The molecule has 1 aromatic heterocycles. The third-order valence-corrected chi connectivity index (χ3v) is 2.13. The number of hydrogen-bond donors (Lipinski definition) is 0. The van der Waals surface area contributed by atoms with Crippen molar-refractivity contribution >= 4 is 5.91 Å². The molecule has 1 aliphatic rings. The number of carbonyl (C=O) groups excluding carboxylic acids is 1. The van der Waals surface area contributed by atoms with E-state index in [-0.39, 0.29) is 5.91 Å². The first kappa shape index (κ1) is 7.40. The van der Waals surface area contributed by atoms with E-state index in [1.165, 1.54) is 6.26 Å². The van der Waals surface area contributed by atoms with Gasteiger partial charge in [0.15, 0.2) is 5.76 Å². The van der Waals surface area contributed by atoms with Crippen molar-refractivity contribution in [2.45, 2.75) is 12.8 Å². The summed E-state index contributed by atoms with van der Waals surface area (Å²) in [7, 11) is 0. The summed E-state index contributed by atoms with van der Waals surface area (Å²) in [5, 5.41) is 0. The van der Waals surface area contributed by atoms with Crippen molar-refractivity contribution in [2.24, 2.45) is 0 Å². The Morgan fingerprint density at radius 3 is 2.75 bits per heavy atom. The number of carbonyl (C=O) groups is 1. The topological polar surface area (TPSA) is 33.5 Å². The van der Waals surface area contributed by atoms with Crippen molar-refractivity contribution < 1.29 is 9.21 Å². The molecule has 2 rings (SSSR count). The summed E-state index contributed by atoms with van der Waals surface area (Å²) in [5.74, 6) is 0.481. The van der Waals surface area contributed by atoms with Gasteiger partial charge in [0, 0.05) is 13.1 Å². The van der Waals surface area contributed by atoms with Crippen LogP contribution < -0.4 is 0 Å². The zero-order chi connectivity index (χ0) is 8.39. The third kappa shape index (κ3) is 1.22. The van der Waals surface area contributed by atoms with Gasteiger partial charge in [-0.2, -0.15) is 0 Å². The highest BCUT2D eigenvalue weighted by Gasteiger charge is 2.20. The van der Waals surface area contributed by atoms with Gasteiger partial charge < -0.3 is 9.32 Å². The van der Waals surface area contributed by atoms with E-state index >= 15 is 0 Å². The maximum Gasteiger partial charge on any atom is 0.289 e. The lowest BCUT2D eigenvalue weighted by Gasteiger charge is -2.12. The van der Waals surface area contributed by atoms with E-state index < -0.39 is 0 Å². The number of rotatable bonds is 1. The van der Waals surface area contributed by atoms with E-state index in [2.05, 4.69) is 0 Å². The maximum atomic E-state index is 11.5. The second kappa shape index (κ2) is 3.01. The third-order valence-electron chi connectivity index (χ3n) is 2.13. The number of nitrogens with zero attached hydrogens (tertiary/aromatic N) is 1. The fourth-order valence-electron chi connectivity index (χ4n) is 1.48. The first-order valence-electron chi connectivity index (χ1n) is 4.21. The monoisotopic (exact) mass is 165 g/mol. The molecule has 0 unspecified atom stereocenters. The molecule has 1 saturated heterocycles. The highest BCUT2D eigenvalue weighted by atomic mass is 16.3. The minimum Gasteiger partial charge on any atom is -0.459 e. The lowest BCUT2D eigenvalue weighted by molar-refractivity contribution is 0.0761. The molecule has 0 aromatic carbocycles. The van der Waals surface area contributed by atoms with Crippen molar-refractivity contribution in [2.75, 3.05) is 13.1 Å². The van der Waals surface area contributed by atoms with Gasteiger partial charge in [0.1, 0.15) is 0 Å². The van der Waals surface area contributed by atoms with Crippen LogP contribution in [0.3, 0.4) is 0 Å². The minimum absolute atomic E-state index is 0.0255. The molecule has 0 N–H and O–H groups in total. The molecular weight excluding hydrogens is 154 g/mol. The Bertz CT molecular complexity index is 260. The summed E-state index contributed by atoms with van der Waals surface area (Å²) in [6, 6.07) is 3.45. The summed E-state index contributed by atoms with van der Waals surface area (Å²) in [6.07, 6.45) is 3.77. The Morgan fingerprint density at radius 2 is 2.17 bits per heavy atom. The molecule has 0 saturated carbocycles. The van der Waals surface area contributed by atoms with E-state index in [0.29, 0.717) is 5.76 Å². The molecule has 2 heterocycles. The Labute approximate surface area is 71.0 Å². The van der Waals surface area contributed by atoms with Crippen LogP contribution in [0.25, 0.3) is 0 Å². The summed E-state index contributed by atoms with van der Waals surface area (Å²) >= 11 is 0. The zero-order valence-electron chi connectivity index (χ0n) is 6.82. The molecular formula is C9H11NO2. The van der Waals surface area contributed by atoms with Crippen molar-refractivity contribution in [1.29, 1.82) is 0 Å². The Kier molecular flexibility index (Phi) is 1.86. The van der Waals surface area contributed by atoms with Crippen LogP contribution in [-0.4, -0.2) is 23.9 Å². The van der Waals surface area contributed by atoms with Gasteiger partial charge in [-0.15, -0.1) is 0 Å². The van der Waals surface area contributed by atoms with Crippen LogP contribution in [0.5, 0.6) is 0 Å². The van der Waals surface area contributed by atoms with Gasteiger partial charge in [0.2, 0.25) is 0 Å². The highest BCUT2D eigenvalue weighted by molar-refractivity contribution is 5.91. The smallest absolute Gasteiger partial charge is 0.289 e. The van der Waals surface area contributed by atoms with E-state index in [9.17, 15) is 4.79 Å². The molecule has 3 nitrogen and oxygen atoms in total. The molecule has 1 amide bonds. The fraction of sp³-hybridized carbons (Fsp3) is 0.444. The SMILES string of the molecule is O=C(c1ccco1)N1CCCC1. The number of hydrogen-bond acceptors (Lipinski definition) is 2. The zero-order valence-corrected chi connectivity index (χ0v) is 6.82. The van der Waals surface area contributed by atoms with Crippen LogP contribution in [0.1, 0.15) is 23.4 Å². The first-order chi connectivity index (χ1) is 5.88. The van der Waals surface area contributed by atoms with Gasteiger partial charge >= 0.3 is 0 Å². The Hall–Kier alpha value is -1.25. The molecule has 0 aliphatic carbocycles. The van der Waals surface area contributed by atoms with Crippen LogP contribution in [0.4, 0.5) is 0 Å². The first-order valence-corrected chi connectivity index (χ1v) is 4.21. The molecule has 1 fully saturated rings. The average molecular weight is 165 g/mol. The lowest BCUT2D eigenvalue weighted by Crippen LogP contribution is -2.27. The minimum atomic E-state index is 0.0255. The molecule has 64 valence electrons. The van der Waals surface area contributed by atoms with Crippen LogP contribution in [0.2, 0.25) is 0 Å². The predicted molar refractivity (Wildman–Crippen MR) is 43.8 cm³/mol. The van der Waals surface area contributed by atoms with E-state index in [1.54, 1.807) is 12.1 Å². The molecule has 0 spiro atoms. The van der Waals surface area contributed by atoms with Crippen LogP contribution >= 0.6 is 0 Å². The standard InChI is InChI=1S/C9H11NO2/c11-9(8-4-3-7-12-8)10-5-1-2-6-10/h3-4,7H,1-2,5-6H2. The molecule has 1 aromatic rings. The summed E-state index contributed by atoms with van der Waals surface area (Å²) < 4.78 is 5.02. The predicted octanol–water partition coefficient (Wildman–Crippen LogP) is 1.52. The lowest BCUT2D eigenvalue weighted by atomic mass is 10.4. The van der Waals surface area contributed by atoms with Crippen LogP contribution in [-0.2, 0) is 0 Å². The van der Waals surface area contributed by atoms with Crippen LogP contribution in [0, 0.1) is 0 Å². The average Bonchev–Trinajstić information content (AvgIpc) is 2.77. The molecule has 1 aliphatic heterocycles. The van der Waals surface area contributed by atoms with Crippen LogP contribution in [0.15, 0.2) is 22.8 Å². The summed E-state index contributed by atoms with van der Waals surface area (Å²) in [4.78, 5) is 13.4. The summed E-state index contributed by atoms with van der Waals surface area (Å²) in [5.41, 5.74) is 0. The molecule has 3 heteroatoms. The van der Waals surface area contributed by atoms with Crippen molar-refractivity contribution in [3.63, 3.8) is 0 Å². The largest absolute Gasteiger partial charge is 0.459 e. The normalized spacial score (nSPS) is 16.8. The fourth-order valence-corrected chi connectivity index (χ4v) is 1.48. The quantitative estimate of drug-likeness (QED) is 0.632. The van der Waals surface area contributed by atoms with Gasteiger partial charge in [-0.3, -0.25) is 4.79 Å². The molecule has 0 atom stereocenters. The number of furan rings is 1. The van der Waals surface area contributed by atoms with E-state index in [0.717, 1.165) is 25.9 Å². The molecule has 0 radical (unpaired) electrons. The second-order valence-corrected chi connectivity index (χ2v) is 2.98. The van der Waals surface area contributed by atoms with Crippen molar-refractivity contribution in [1.82, 2.24) is 4.90 Å². The maximum absolute atomic E-state index is 11.5. The second-order valence-electron chi connectivity index (χ2n) is 2.98. The summed E-state index contributed by atoms with van der Waals surface area (Å²) in [6.45, 7) is 1.75. The highest BCUT2D eigenvalue weighted by Crippen LogP contribution is 2.12. The van der Waals surface area contributed by atoms with Gasteiger partial charge in [0.05, 0.1) is 6.26 Å². The Morgan fingerprint density at radius 1 is 1.42 bits per heavy atom. The van der Waals surface area contributed by atoms with Gasteiger partial charge in [0.25, 0.3) is 5.91 Å². The molecule has 0 bridgehead atoms. The number of likely N-dealkylation sites (tertiary alicyclic amines) is 1. The van der Waals surface area contributed by atoms with Gasteiger partial charge in [-0.1, -0.05) is 0 Å². The van der Waals surface area contributed by atoms with E-state index in [1.807, 2.05) is 4.90 Å². The Balaban J connectivity index is 2.09. The molecule has 12 heavy (non-hydrogen) atoms. The van der Waals surface area contributed by atoms with Gasteiger partial charge in [-0.05, 0) is 25.0 Å².